The summed E-state index contributed by atoms with van der Waals surface area (Å²) >= 11 is 1.58. The van der Waals surface area contributed by atoms with Crippen LogP contribution in [0.2, 0.25) is 0 Å². The summed E-state index contributed by atoms with van der Waals surface area (Å²) in [5.74, 6) is 0.0530. The fourth-order valence-corrected chi connectivity index (χ4v) is 3.72. The van der Waals surface area contributed by atoms with E-state index in [4.69, 9.17) is 0 Å². The van der Waals surface area contributed by atoms with Crippen LogP contribution in [0, 0.1) is 10.1 Å². The maximum atomic E-state index is 11.4. The molecule has 0 saturated carbocycles. The standard InChI is InChI=1S/C15H17N3O3S/c19-11-3-4-13(18(20)21)12(10-11)15(14-2-1-9-22-14)17-7-5-16-6-8-17/h1-4,9-10,15-16,19H,5-8H2/t15-/m1/s1. The number of rotatable bonds is 4. The molecule has 0 amide bonds. The topological polar surface area (TPSA) is 78.6 Å². The summed E-state index contributed by atoms with van der Waals surface area (Å²) in [6.45, 7) is 3.34. The molecule has 7 heteroatoms. The van der Waals surface area contributed by atoms with Crippen molar-refractivity contribution in [3.8, 4) is 5.75 Å². The number of nitro groups is 1. The van der Waals surface area contributed by atoms with Gasteiger partial charge < -0.3 is 10.4 Å². The van der Waals surface area contributed by atoms with Gasteiger partial charge >= 0.3 is 0 Å². The number of hydrogen-bond donors (Lipinski definition) is 2. The highest BCUT2D eigenvalue weighted by molar-refractivity contribution is 7.10. The second-order valence-corrected chi connectivity index (χ2v) is 6.18. The molecule has 116 valence electrons. The van der Waals surface area contributed by atoms with Crippen molar-refractivity contribution in [2.45, 2.75) is 6.04 Å². The largest absolute Gasteiger partial charge is 0.508 e. The molecule has 1 aromatic heterocycles. The Hall–Kier alpha value is -1.96. The molecule has 0 radical (unpaired) electrons. The predicted octanol–water partition coefficient (Wildman–Crippen LogP) is 2.36. The lowest BCUT2D eigenvalue weighted by Gasteiger charge is -2.34. The Balaban J connectivity index is 2.09. The van der Waals surface area contributed by atoms with Crippen molar-refractivity contribution in [3.05, 3.63) is 56.3 Å². The van der Waals surface area contributed by atoms with Gasteiger partial charge in [-0.3, -0.25) is 15.0 Å². The van der Waals surface area contributed by atoms with Crippen LogP contribution in [0.1, 0.15) is 16.5 Å². The Morgan fingerprint density at radius 3 is 2.73 bits per heavy atom. The number of nitrogens with zero attached hydrogens (tertiary/aromatic N) is 2. The first-order valence-corrected chi connectivity index (χ1v) is 8.00. The fraction of sp³-hybridized carbons (Fsp3) is 0.333. The van der Waals surface area contributed by atoms with Crippen molar-refractivity contribution in [2.24, 2.45) is 0 Å². The maximum Gasteiger partial charge on any atom is 0.274 e. The summed E-state index contributed by atoms with van der Waals surface area (Å²) in [5.41, 5.74) is 0.601. The van der Waals surface area contributed by atoms with Crippen LogP contribution in [-0.4, -0.2) is 41.1 Å². The SMILES string of the molecule is O=[N+]([O-])c1ccc(O)cc1[C@H](c1cccs1)N1CCNCC1. The normalized spacial score (nSPS) is 17.3. The molecular formula is C15H17N3O3S. The first-order chi connectivity index (χ1) is 10.7. The number of piperazine rings is 1. The number of phenols is 1. The van der Waals surface area contributed by atoms with Crippen molar-refractivity contribution in [1.29, 1.82) is 0 Å². The van der Waals surface area contributed by atoms with E-state index in [0.29, 0.717) is 5.56 Å². The van der Waals surface area contributed by atoms with Gasteiger partial charge in [0.1, 0.15) is 5.75 Å². The fourth-order valence-electron chi connectivity index (χ4n) is 2.84. The first kappa shape index (κ1) is 15.0. The van der Waals surface area contributed by atoms with E-state index in [1.165, 1.54) is 18.2 Å². The molecule has 0 aliphatic carbocycles. The van der Waals surface area contributed by atoms with Gasteiger partial charge in [0.15, 0.2) is 0 Å². The number of hydrogen-bond acceptors (Lipinski definition) is 6. The van der Waals surface area contributed by atoms with E-state index < -0.39 is 0 Å². The zero-order valence-corrected chi connectivity index (χ0v) is 12.8. The molecule has 0 bridgehead atoms. The van der Waals surface area contributed by atoms with Crippen molar-refractivity contribution in [3.63, 3.8) is 0 Å². The zero-order valence-electron chi connectivity index (χ0n) is 11.9. The van der Waals surface area contributed by atoms with E-state index in [2.05, 4.69) is 10.2 Å². The van der Waals surface area contributed by atoms with E-state index in [9.17, 15) is 15.2 Å². The Bertz CT molecular complexity index is 654. The van der Waals surface area contributed by atoms with Gasteiger partial charge in [-0.1, -0.05) is 6.07 Å². The molecule has 2 aromatic rings. The summed E-state index contributed by atoms with van der Waals surface area (Å²) in [6, 6.07) is 8.01. The van der Waals surface area contributed by atoms with Crippen LogP contribution >= 0.6 is 11.3 Å². The summed E-state index contributed by atoms with van der Waals surface area (Å²) in [7, 11) is 0. The molecule has 3 rings (SSSR count). The predicted molar refractivity (Wildman–Crippen MR) is 85.4 cm³/mol. The molecule has 0 unspecified atom stereocenters. The van der Waals surface area contributed by atoms with E-state index in [-0.39, 0.29) is 22.4 Å². The van der Waals surface area contributed by atoms with Gasteiger partial charge in [-0.05, 0) is 23.6 Å². The minimum atomic E-state index is -0.377. The molecule has 1 atom stereocenters. The molecule has 22 heavy (non-hydrogen) atoms. The lowest BCUT2D eigenvalue weighted by molar-refractivity contribution is -0.385. The van der Waals surface area contributed by atoms with E-state index in [0.717, 1.165) is 31.1 Å². The number of aromatic hydroxyl groups is 1. The molecule has 0 spiro atoms. The monoisotopic (exact) mass is 319 g/mol. The second-order valence-electron chi connectivity index (χ2n) is 5.20. The first-order valence-electron chi connectivity index (χ1n) is 7.12. The summed E-state index contributed by atoms with van der Waals surface area (Å²) in [6.07, 6.45) is 0. The van der Waals surface area contributed by atoms with Crippen LogP contribution in [0.25, 0.3) is 0 Å². The van der Waals surface area contributed by atoms with Crippen molar-refractivity contribution in [2.75, 3.05) is 26.2 Å². The zero-order chi connectivity index (χ0) is 15.5. The number of thiophene rings is 1. The second kappa shape index (κ2) is 6.43. The third kappa shape index (κ3) is 2.96. The summed E-state index contributed by atoms with van der Waals surface area (Å²) in [4.78, 5) is 14.3. The van der Waals surface area contributed by atoms with Crippen LogP contribution in [0.4, 0.5) is 5.69 Å². The van der Waals surface area contributed by atoms with Gasteiger partial charge in [0.25, 0.3) is 5.69 Å². The highest BCUT2D eigenvalue weighted by Gasteiger charge is 2.30. The van der Waals surface area contributed by atoms with Crippen LogP contribution in [0.3, 0.4) is 0 Å². The van der Waals surface area contributed by atoms with Gasteiger partial charge in [0.05, 0.1) is 16.5 Å². The average molecular weight is 319 g/mol. The maximum absolute atomic E-state index is 11.4. The molecule has 1 aliphatic rings. The quantitative estimate of drug-likeness (QED) is 0.668. The number of nitro benzene ring substituents is 1. The van der Waals surface area contributed by atoms with Gasteiger partial charge in [-0.25, -0.2) is 0 Å². The molecule has 1 saturated heterocycles. The Kier molecular flexibility index (Phi) is 4.37. The van der Waals surface area contributed by atoms with Crippen molar-refractivity contribution in [1.82, 2.24) is 10.2 Å². The van der Waals surface area contributed by atoms with Gasteiger partial charge in [-0.15, -0.1) is 11.3 Å². The molecule has 2 heterocycles. The molecule has 1 aliphatic heterocycles. The summed E-state index contributed by atoms with van der Waals surface area (Å²) < 4.78 is 0. The highest BCUT2D eigenvalue weighted by atomic mass is 32.1. The summed E-state index contributed by atoms with van der Waals surface area (Å²) in [5, 5.41) is 26.5. The van der Waals surface area contributed by atoms with E-state index >= 15 is 0 Å². The molecule has 6 nitrogen and oxygen atoms in total. The van der Waals surface area contributed by atoms with Crippen molar-refractivity contribution < 1.29 is 10.0 Å². The van der Waals surface area contributed by atoms with Gasteiger partial charge in [0.2, 0.25) is 0 Å². The Morgan fingerprint density at radius 1 is 1.32 bits per heavy atom. The molecule has 2 N–H and O–H groups in total. The van der Waals surface area contributed by atoms with Crippen molar-refractivity contribution >= 4 is 17.0 Å². The lowest BCUT2D eigenvalue weighted by atomic mass is 10.0. The number of nitrogens with one attached hydrogen (secondary N) is 1. The van der Waals surface area contributed by atoms with E-state index in [1.54, 1.807) is 11.3 Å². The van der Waals surface area contributed by atoms with Crippen LogP contribution in [0.5, 0.6) is 5.75 Å². The Labute approximate surface area is 132 Å². The minimum Gasteiger partial charge on any atom is -0.508 e. The Morgan fingerprint density at radius 2 is 2.09 bits per heavy atom. The minimum absolute atomic E-state index is 0.0507. The third-order valence-corrected chi connectivity index (χ3v) is 4.76. The van der Waals surface area contributed by atoms with Gasteiger partial charge in [0, 0.05) is 37.1 Å². The smallest absolute Gasteiger partial charge is 0.274 e. The molecule has 1 fully saturated rings. The van der Waals surface area contributed by atoms with Crippen LogP contribution in [-0.2, 0) is 0 Å². The highest BCUT2D eigenvalue weighted by Crippen LogP contribution is 2.38. The molecular weight excluding hydrogens is 302 g/mol. The lowest BCUT2D eigenvalue weighted by Crippen LogP contribution is -2.45. The number of benzene rings is 1. The average Bonchev–Trinajstić information content (AvgIpc) is 3.02. The third-order valence-electron chi connectivity index (χ3n) is 3.83. The van der Waals surface area contributed by atoms with Gasteiger partial charge in [-0.2, -0.15) is 0 Å². The molecule has 1 aromatic carbocycles. The number of phenolic OH excluding ortho intramolecular Hbond substituents is 1. The van der Waals surface area contributed by atoms with Crippen LogP contribution < -0.4 is 5.32 Å². The van der Waals surface area contributed by atoms with Crippen LogP contribution in [0.15, 0.2) is 35.7 Å². The van der Waals surface area contributed by atoms with E-state index in [1.807, 2.05) is 17.5 Å².